The summed E-state index contributed by atoms with van der Waals surface area (Å²) in [6, 6.07) is 6.13. The van der Waals surface area contributed by atoms with Crippen molar-refractivity contribution in [2.75, 3.05) is 39.4 Å². The molecule has 0 spiro atoms. The lowest BCUT2D eigenvalue weighted by molar-refractivity contribution is -0.0817. The molecule has 1 N–H and O–H groups in total. The van der Waals surface area contributed by atoms with E-state index in [1.165, 1.54) is 12.1 Å². The highest BCUT2D eigenvalue weighted by Crippen LogP contribution is 2.21. The molecule has 3 heterocycles. The zero-order valence-corrected chi connectivity index (χ0v) is 17.3. The Morgan fingerprint density at radius 1 is 1.23 bits per heavy atom. The Morgan fingerprint density at radius 3 is 2.83 bits per heavy atom. The molecule has 162 valence electrons. The van der Waals surface area contributed by atoms with Gasteiger partial charge >= 0.3 is 0 Å². The number of oxazole rings is 1. The zero-order chi connectivity index (χ0) is 20.8. The van der Waals surface area contributed by atoms with Crippen molar-refractivity contribution in [1.29, 1.82) is 0 Å². The number of guanidine groups is 1. The molecule has 1 aromatic heterocycles. The fourth-order valence-corrected chi connectivity index (χ4v) is 3.84. The Bertz CT molecular complexity index is 833. The minimum absolute atomic E-state index is 0.0962. The summed E-state index contributed by atoms with van der Waals surface area (Å²) in [5.74, 6) is 1.11. The molecule has 0 bridgehead atoms. The lowest BCUT2D eigenvalue weighted by atomic mass is 10.1. The number of hydrogen-bond acceptors (Lipinski definition) is 5. The number of aliphatic imine (C=N–C) groups is 1. The molecule has 30 heavy (non-hydrogen) atoms. The van der Waals surface area contributed by atoms with Crippen molar-refractivity contribution < 1.29 is 18.3 Å². The normalized spacial score (nSPS) is 22.5. The SMILES string of the molecule is CCNC(=NCCc1coc(-c2ccc(F)cc2)n1)N1CCOC(C2CCCO2)C1. The molecule has 2 aliphatic heterocycles. The third-order valence-electron chi connectivity index (χ3n) is 5.38. The van der Waals surface area contributed by atoms with E-state index in [9.17, 15) is 4.39 Å². The van der Waals surface area contributed by atoms with Gasteiger partial charge in [0.05, 0.1) is 18.4 Å². The van der Waals surface area contributed by atoms with Gasteiger partial charge in [-0.1, -0.05) is 0 Å². The van der Waals surface area contributed by atoms with Gasteiger partial charge < -0.3 is 24.1 Å². The summed E-state index contributed by atoms with van der Waals surface area (Å²) in [4.78, 5) is 11.5. The maximum absolute atomic E-state index is 13.1. The Balaban J connectivity index is 1.35. The average Bonchev–Trinajstić information content (AvgIpc) is 3.46. The van der Waals surface area contributed by atoms with Gasteiger partial charge in [0.15, 0.2) is 5.96 Å². The third-order valence-corrected chi connectivity index (χ3v) is 5.38. The van der Waals surface area contributed by atoms with Crippen molar-refractivity contribution >= 4 is 5.96 Å². The first-order valence-electron chi connectivity index (χ1n) is 10.7. The summed E-state index contributed by atoms with van der Waals surface area (Å²) in [6.07, 6.45) is 4.77. The number of halogens is 1. The fourth-order valence-electron chi connectivity index (χ4n) is 3.84. The first-order chi connectivity index (χ1) is 14.7. The van der Waals surface area contributed by atoms with Crippen LogP contribution in [0.4, 0.5) is 4.39 Å². The van der Waals surface area contributed by atoms with Crippen LogP contribution >= 0.6 is 0 Å². The summed E-state index contributed by atoms with van der Waals surface area (Å²) in [5.41, 5.74) is 1.58. The molecule has 1 aromatic carbocycles. The van der Waals surface area contributed by atoms with Gasteiger partial charge in [-0.3, -0.25) is 4.99 Å². The van der Waals surface area contributed by atoms with Gasteiger partial charge in [0.2, 0.25) is 5.89 Å². The largest absolute Gasteiger partial charge is 0.444 e. The van der Waals surface area contributed by atoms with Crippen LogP contribution in [0.15, 0.2) is 39.9 Å². The molecule has 0 saturated carbocycles. The lowest BCUT2D eigenvalue weighted by Crippen LogP contribution is -2.53. The summed E-state index contributed by atoms with van der Waals surface area (Å²) in [7, 11) is 0. The fraction of sp³-hybridized carbons (Fsp3) is 0.545. The Morgan fingerprint density at radius 2 is 2.07 bits per heavy atom. The minimum Gasteiger partial charge on any atom is -0.444 e. The summed E-state index contributed by atoms with van der Waals surface area (Å²) >= 11 is 0. The molecule has 7 nitrogen and oxygen atoms in total. The predicted molar refractivity (Wildman–Crippen MR) is 112 cm³/mol. The quantitative estimate of drug-likeness (QED) is 0.577. The number of rotatable bonds is 6. The van der Waals surface area contributed by atoms with Gasteiger partial charge in [-0.15, -0.1) is 0 Å². The second-order valence-electron chi connectivity index (χ2n) is 7.54. The van der Waals surface area contributed by atoms with Crippen LogP contribution in [0.3, 0.4) is 0 Å². The molecule has 2 fully saturated rings. The van der Waals surface area contributed by atoms with Gasteiger partial charge in [-0.2, -0.15) is 0 Å². The molecule has 8 heteroatoms. The van der Waals surface area contributed by atoms with Gasteiger partial charge in [0, 0.05) is 44.8 Å². The number of aromatic nitrogens is 1. The third kappa shape index (κ3) is 5.17. The number of benzene rings is 1. The van der Waals surface area contributed by atoms with E-state index in [0.717, 1.165) is 56.3 Å². The van der Waals surface area contributed by atoms with Crippen molar-refractivity contribution in [2.45, 2.75) is 38.4 Å². The molecule has 2 aliphatic rings. The van der Waals surface area contributed by atoms with E-state index < -0.39 is 0 Å². The monoisotopic (exact) mass is 416 g/mol. The summed E-state index contributed by atoms with van der Waals surface area (Å²) in [5, 5.41) is 3.39. The van der Waals surface area contributed by atoms with E-state index >= 15 is 0 Å². The number of nitrogens with zero attached hydrogens (tertiary/aromatic N) is 3. The van der Waals surface area contributed by atoms with Crippen molar-refractivity contribution in [2.24, 2.45) is 4.99 Å². The highest BCUT2D eigenvalue weighted by Gasteiger charge is 2.32. The summed E-state index contributed by atoms with van der Waals surface area (Å²) in [6.45, 7) is 6.58. The zero-order valence-electron chi connectivity index (χ0n) is 17.3. The van der Waals surface area contributed by atoms with Crippen LogP contribution in [0.25, 0.3) is 11.5 Å². The van der Waals surface area contributed by atoms with E-state index in [-0.39, 0.29) is 18.0 Å². The van der Waals surface area contributed by atoms with Crippen LogP contribution < -0.4 is 5.32 Å². The number of ether oxygens (including phenoxy) is 2. The molecule has 4 rings (SSSR count). The molecule has 2 saturated heterocycles. The first-order valence-corrected chi connectivity index (χ1v) is 10.7. The number of morpholine rings is 1. The van der Waals surface area contributed by atoms with E-state index in [1.54, 1.807) is 18.4 Å². The lowest BCUT2D eigenvalue weighted by Gasteiger charge is -2.37. The molecule has 0 radical (unpaired) electrons. The summed E-state index contributed by atoms with van der Waals surface area (Å²) < 4.78 is 30.4. The molecule has 0 amide bonds. The van der Waals surface area contributed by atoms with Gasteiger partial charge in [0.1, 0.15) is 18.2 Å². The van der Waals surface area contributed by atoms with E-state index in [4.69, 9.17) is 18.9 Å². The van der Waals surface area contributed by atoms with Crippen LogP contribution in [0.5, 0.6) is 0 Å². The minimum atomic E-state index is -0.277. The van der Waals surface area contributed by atoms with E-state index in [1.807, 2.05) is 0 Å². The Labute approximate surface area is 176 Å². The molecular formula is C22H29FN4O3. The highest BCUT2D eigenvalue weighted by atomic mass is 19.1. The average molecular weight is 416 g/mol. The van der Waals surface area contributed by atoms with Crippen molar-refractivity contribution in [3.8, 4) is 11.5 Å². The second-order valence-corrected chi connectivity index (χ2v) is 7.54. The molecular weight excluding hydrogens is 387 g/mol. The highest BCUT2D eigenvalue weighted by molar-refractivity contribution is 5.80. The van der Waals surface area contributed by atoms with Crippen molar-refractivity contribution in [3.63, 3.8) is 0 Å². The maximum Gasteiger partial charge on any atom is 0.226 e. The van der Waals surface area contributed by atoms with Crippen LogP contribution in [0.2, 0.25) is 0 Å². The van der Waals surface area contributed by atoms with Crippen LogP contribution in [-0.2, 0) is 15.9 Å². The second kappa shape index (κ2) is 10.0. The van der Waals surface area contributed by atoms with Gasteiger partial charge in [0.25, 0.3) is 0 Å². The van der Waals surface area contributed by atoms with Crippen molar-refractivity contribution in [1.82, 2.24) is 15.2 Å². The molecule has 2 aromatic rings. The number of nitrogens with one attached hydrogen (secondary N) is 1. The van der Waals surface area contributed by atoms with Gasteiger partial charge in [-0.25, -0.2) is 9.37 Å². The maximum atomic E-state index is 13.1. The first kappa shape index (κ1) is 20.8. The molecule has 0 aliphatic carbocycles. The molecule has 2 atom stereocenters. The standard InChI is InChI=1S/C22H29FN4O3/c1-2-24-22(27-11-13-29-20(14-27)19-4-3-12-28-19)25-10-9-18-15-30-21(26-18)16-5-7-17(23)8-6-16/h5-8,15,19-20H,2-4,9-14H2,1H3,(H,24,25). The van der Waals surface area contributed by atoms with Crippen LogP contribution in [-0.4, -0.2) is 67.4 Å². The van der Waals surface area contributed by atoms with Gasteiger partial charge in [-0.05, 0) is 44.0 Å². The smallest absolute Gasteiger partial charge is 0.226 e. The predicted octanol–water partition coefficient (Wildman–Crippen LogP) is 2.87. The van der Waals surface area contributed by atoms with Crippen LogP contribution in [0.1, 0.15) is 25.5 Å². The number of hydrogen-bond donors (Lipinski definition) is 1. The topological polar surface area (TPSA) is 72.1 Å². The molecule has 2 unspecified atom stereocenters. The van der Waals surface area contributed by atoms with Crippen LogP contribution in [0, 0.1) is 5.82 Å². The van der Waals surface area contributed by atoms with E-state index in [0.29, 0.717) is 25.5 Å². The van der Waals surface area contributed by atoms with E-state index in [2.05, 4.69) is 22.1 Å². The Kier molecular flexibility index (Phi) is 6.96. The Hall–Kier alpha value is -2.45. The van der Waals surface area contributed by atoms with Crippen molar-refractivity contribution in [3.05, 3.63) is 42.0 Å².